The molecular weight excluding hydrogens is 262 g/mol. The minimum Gasteiger partial charge on any atom is -0.493 e. The van der Waals surface area contributed by atoms with Crippen LogP contribution in [0, 0.1) is 0 Å². The number of sulfonamides is 1. The van der Waals surface area contributed by atoms with Crippen LogP contribution in [0.1, 0.15) is 12.8 Å². The molecule has 0 aliphatic heterocycles. The highest BCUT2D eigenvalue weighted by Gasteiger charge is 2.03. The lowest BCUT2D eigenvalue weighted by Crippen LogP contribution is -2.16. The first-order valence-electron chi connectivity index (χ1n) is 6.17. The standard InChI is InChI=1S/C14H17NO3S/c15-19(16,17)11-4-3-10-18-14-9-5-7-12-6-1-2-8-13(12)14/h1-2,5-9H,3-4,10-11H2,(H2,15,16,17). The van der Waals surface area contributed by atoms with E-state index >= 15 is 0 Å². The summed E-state index contributed by atoms with van der Waals surface area (Å²) >= 11 is 0. The normalized spacial score (nSPS) is 11.6. The van der Waals surface area contributed by atoms with Crippen LogP contribution in [-0.2, 0) is 10.0 Å². The van der Waals surface area contributed by atoms with E-state index in [0.717, 1.165) is 16.5 Å². The Labute approximate surface area is 113 Å². The van der Waals surface area contributed by atoms with Crippen molar-refractivity contribution in [2.45, 2.75) is 12.8 Å². The summed E-state index contributed by atoms with van der Waals surface area (Å²) in [7, 11) is -3.36. The van der Waals surface area contributed by atoms with E-state index < -0.39 is 10.0 Å². The summed E-state index contributed by atoms with van der Waals surface area (Å²) in [6, 6.07) is 13.9. The maximum atomic E-state index is 10.8. The second kappa shape index (κ2) is 6.04. The van der Waals surface area contributed by atoms with E-state index in [9.17, 15) is 8.42 Å². The van der Waals surface area contributed by atoms with E-state index in [2.05, 4.69) is 0 Å². The molecule has 2 aromatic rings. The van der Waals surface area contributed by atoms with Crippen molar-refractivity contribution in [3.63, 3.8) is 0 Å². The van der Waals surface area contributed by atoms with Gasteiger partial charge in [-0.1, -0.05) is 36.4 Å². The highest BCUT2D eigenvalue weighted by Crippen LogP contribution is 2.25. The van der Waals surface area contributed by atoms with Crippen molar-refractivity contribution in [2.24, 2.45) is 5.14 Å². The Morgan fingerprint density at radius 1 is 1.00 bits per heavy atom. The summed E-state index contributed by atoms with van der Waals surface area (Å²) in [5, 5.41) is 7.13. The number of nitrogens with two attached hydrogens (primary N) is 1. The first-order valence-corrected chi connectivity index (χ1v) is 7.89. The van der Waals surface area contributed by atoms with Crippen LogP contribution in [0.15, 0.2) is 42.5 Å². The molecule has 0 atom stereocenters. The zero-order valence-corrected chi connectivity index (χ0v) is 11.4. The van der Waals surface area contributed by atoms with Gasteiger partial charge in [-0.05, 0) is 24.3 Å². The molecule has 4 nitrogen and oxygen atoms in total. The van der Waals surface area contributed by atoms with Gasteiger partial charge in [0.25, 0.3) is 0 Å². The summed E-state index contributed by atoms with van der Waals surface area (Å²) in [5.41, 5.74) is 0. The van der Waals surface area contributed by atoms with Gasteiger partial charge in [-0.2, -0.15) is 0 Å². The molecule has 0 saturated heterocycles. The zero-order chi connectivity index (χ0) is 13.7. The Morgan fingerprint density at radius 3 is 2.53 bits per heavy atom. The van der Waals surface area contributed by atoms with Gasteiger partial charge in [0, 0.05) is 5.39 Å². The number of ether oxygens (including phenoxy) is 1. The lowest BCUT2D eigenvalue weighted by Gasteiger charge is -2.09. The second-order valence-electron chi connectivity index (χ2n) is 4.40. The van der Waals surface area contributed by atoms with Crippen molar-refractivity contribution in [3.8, 4) is 5.75 Å². The molecule has 19 heavy (non-hydrogen) atoms. The molecular formula is C14H17NO3S. The van der Waals surface area contributed by atoms with Gasteiger partial charge in [-0.3, -0.25) is 0 Å². The maximum Gasteiger partial charge on any atom is 0.209 e. The van der Waals surface area contributed by atoms with E-state index in [1.165, 1.54) is 0 Å². The van der Waals surface area contributed by atoms with Crippen molar-refractivity contribution in [2.75, 3.05) is 12.4 Å². The van der Waals surface area contributed by atoms with Crippen molar-refractivity contribution >= 4 is 20.8 Å². The predicted molar refractivity (Wildman–Crippen MR) is 76.7 cm³/mol. The van der Waals surface area contributed by atoms with Gasteiger partial charge in [0.1, 0.15) is 5.75 Å². The summed E-state index contributed by atoms with van der Waals surface area (Å²) in [4.78, 5) is 0. The Bertz CT molecular complexity index is 647. The second-order valence-corrected chi connectivity index (χ2v) is 6.13. The fraction of sp³-hybridized carbons (Fsp3) is 0.286. The molecule has 0 fully saturated rings. The van der Waals surface area contributed by atoms with E-state index in [-0.39, 0.29) is 5.75 Å². The van der Waals surface area contributed by atoms with Crippen molar-refractivity contribution in [3.05, 3.63) is 42.5 Å². The molecule has 0 saturated carbocycles. The molecule has 0 amide bonds. The summed E-state index contributed by atoms with van der Waals surface area (Å²) < 4.78 is 27.3. The molecule has 0 unspecified atom stereocenters. The minimum absolute atomic E-state index is 0.00585. The van der Waals surface area contributed by atoms with Crippen LogP contribution < -0.4 is 9.88 Å². The third-order valence-corrected chi connectivity index (χ3v) is 3.69. The summed E-state index contributed by atoms with van der Waals surface area (Å²) in [6.07, 6.45) is 1.18. The highest BCUT2D eigenvalue weighted by molar-refractivity contribution is 7.89. The van der Waals surface area contributed by atoms with E-state index in [0.29, 0.717) is 19.4 Å². The van der Waals surface area contributed by atoms with Crippen LogP contribution in [0.2, 0.25) is 0 Å². The van der Waals surface area contributed by atoms with Crippen LogP contribution in [0.3, 0.4) is 0 Å². The van der Waals surface area contributed by atoms with Crippen LogP contribution in [0.5, 0.6) is 5.75 Å². The van der Waals surface area contributed by atoms with E-state index in [4.69, 9.17) is 9.88 Å². The zero-order valence-electron chi connectivity index (χ0n) is 10.6. The minimum atomic E-state index is -3.36. The average Bonchev–Trinajstić information content (AvgIpc) is 2.37. The molecule has 102 valence electrons. The van der Waals surface area contributed by atoms with Gasteiger partial charge < -0.3 is 4.74 Å². The summed E-state index contributed by atoms with van der Waals surface area (Å²) in [6.45, 7) is 0.490. The quantitative estimate of drug-likeness (QED) is 0.825. The molecule has 2 rings (SSSR count). The predicted octanol–water partition coefficient (Wildman–Crippen LogP) is 2.29. The largest absolute Gasteiger partial charge is 0.493 e. The fourth-order valence-corrected chi connectivity index (χ4v) is 2.52. The number of rotatable bonds is 6. The van der Waals surface area contributed by atoms with Gasteiger partial charge in [0.05, 0.1) is 12.4 Å². The smallest absolute Gasteiger partial charge is 0.209 e. The van der Waals surface area contributed by atoms with Crippen LogP contribution >= 0.6 is 0 Å². The topological polar surface area (TPSA) is 69.4 Å². The highest BCUT2D eigenvalue weighted by atomic mass is 32.2. The molecule has 0 aliphatic carbocycles. The lowest BCUT2D eigenvalue weighted by molar-refractivity contribution is 0.313. The molecule has 0 radical (unpaired) electrons. The first-order chi connectivity index (χ1) is 9.06. The lowest BCUT2D eigenvalue weighted by atomic mass is 10.1. The molecule has 0 bridgehead atoms. The number of hydrogen-bond acceptors (Lipinski definition) is 3. The molecule has 2 N–H and O–H groups in total. The van der Waals surface area contributed by atoms with Crippen molar-refractivity contribution in [1.82, 2.24) is 0 Å². The van der Waals surface area contributed by atoms with Gasteiger partial charge >= 0.3 is 0 Å². The van der Waals surface area contributed by atoms with E-state index in [1.54, 1.807) is 0 Å². The van der Waals surface area contributed by atoms with Crippen LogP contribution in [0.4, 0.5) is 0 Å². The number of hydrogen-bond donors (Lipinski definition) is 1. The third kappa shape index (κ3) is 4.22. The van der Waals surface area contributed by atoms with Gasteiger partial charge in [-0.25, -0.2) is 13.6 Å². The molecule has 0 heterocycles. The SMILES string of the molecule is NS(=O)(=O)CCCCOc1cccc2ccccc12. The number of benzene rings is 2. The van der Waals surface area contributed by atoms with E-state index in [1.807, 2.05) is 42.5 Å². The molecule has 0 aromatic heterocycles. The van der Waals surface area contributed by atoms with Crippen molar-refractivity contribution in [1.29, 1.82) is 0 Å². The first kappa shape index (κ1) is 13.8. The number of primary sulfonamides is 1. The van der Waals surface area contributed by atoms with Crippen LogP contribution in [0.25, 0.3) is 10.8 Å². The van der Waals surface area contributed by atoms with Crippen LogP contribution in [-0.4, -0.2) is 20.8 Å². The monoisotopic (exact) mass is 279 g/mol. The Balaban J connectivity index is 1.92. The number of fused-ring (bicyclic) bond motifs is 1. The van der Waals surface area contributed by atoms with Gasteiger partial charge in [-0.15, -0.1) is 0 Å². The Kier molecular flexibility index (Phi) is 4.39. The average molecular weight is 279 g/mol. The molecule has 0 spiro atoms. The Morgan fingerprint density at radius 2 is 1.74 bits per heavy atom. The molecule has 0 aliphatic rings. The Hall–Kier alpha value is -1.59. The van der Waals surface area contributed by atoms with Crippen molar-refractivity contribution < 1.29 is 13.2 Å². The van der Waals surface area contributed by atoms with Gasteiger partial charge in [0.2, 0.25) is 10.0 Å². The third-order valence-electron chi connectivity index (χ3n) is 2.83. The maximum absolute atomic E-state index is 10.8. The summed E-state index contributed by atoms with van der Waals surface area (Å²) in [5.74, 6) is 0.833. The fourth-order valence-electron chi connectivity index (χ4n) is 1.91. The van der Waals surface area contributed by atoms with Gasteiger partial charge in [0.15, 0.2) is 0 Å². The number of unbranched alkanes of at least 4 members (excludes halogenated alkanes) is 1. The molecule has 2 aromatic carbocycles. The molecule has 5 heteroatoms.